The lowest BCUT2D eigenvalue weighted by atomic mass is 10.0. The van der Waals surface area contributed by atoms with Crippen LogP contribution in [0.5, 0.6) is 0 Å². The Labute approximate surface area is 173 Å². The van der Waals surface area contributed by atoms with E-state index in [1.165, 1.54) is 0 Å². The van der Waals surface area contributed by atoms with E-state index in [0.717, 1.165) is 37.2 Å². The Balaban J connectivity index is 1.77. The van der Waals surface area contributed by atoms with Gasteiger partial charge in [0, 0.05) is 62.5 Å². The second-order valence-electron chi connectivity index (χ2n) is 6.26. The molecule has 0 aliphatic carbocycles. The SMILES string of the molecule is CS(=O)C1=CC(Nc2cc(-c3ccc(Br)cc3)c3nccnc3c2)C=NC=C1. The molecule has 7 heteroatoms. The van der Waals surface area contributed by atoms with Gasteiger partial charge in [0.1, 0.15) is 0 Å². The molecule has 1 aliphatic heterocycles. The number of benzene rings is 2. The maximum absolute atomic E-state index is 11.9. The molecule has 0 bridgehead atoms. The molecule has 2 unspecified atom stereocenters. The van der Waals surface area contributed by atoms with Gasteiger partial charge in [0.15, 0.2) is 0 Å². The first kappa shape index (κ1) is 18.7. The van der Waals surface area contributed by atoms with E-state index in [4.69, 9.17) is 0 Å². The molecular formula is C21H17BrN4OS. The largest absolute Gasteiger partial charge is 0.374 e. The van der Waals surface area contributed by atoms with Crippen molar-refractivity contribution in [2.75, 3.05) is 11.6 Å². The van der Waals surface area contributed by atoms with Crippen LogP contribution >= 0.6 is 15.9 Å². The molecule has 0 amide bonds. The van der Waals surface area contributed by atoms with Crippen LogP contribution < -0.4 is 5.32 Å². The smallest absolute Gasteiger partial charge is 0.0966 e. The number of anilines is 1. The highest BCUT2D eigenvalue weighted by atomic mass is 79.9. The van der Waals surface area contributed by atoms with Gasteiger partial charge in [-0.25, -0.2) is 0 Å². The number of aliphatic imine (C=N–C) groups is 1. The Morgan fingerprint density at radius 1 is 1.11 bits per heavy atom. The molecule has 2 aromatic carbocycles. The topological polar surface area (TPSA) is 67.2 Å². The van der Waals surface area contributed by atoms with Gasteiger partial charge in [0.05, 0.1) is 17.1 Å². The van der Waals surface area contributed by atoms with Gasteiger partial charge in [-0.15, -0.1) is 0 Å². The molecule has 5 nitrogen and oxygen atoms in total. The van der Waals surface area contributed by atoms with Crippen LogP contribution in [0.1, 0.15) is 0 Å². The maximum atomic E-state index is 11.9. The van der Waals surface area contributed by atoms with Gasteiger partial charge < -0.3 is 5.32 Å². The Morgan fingerprint density at radius 3 is 2.68 bits per heavy atom. The molecule has 4 rings (SSSR count). The van der Waals surface area contributed by atoms with Crippen molar-refractivity contribution in [2.24, 2.45) is 4.99 Å². The molecular weight excluding hydrogens is 436 g/mol. The Bertz CT molecular complexity index is 1140. The summed E-state index contributed by atoms with van der Waals surface area (Å²) in [4.78, 5) is 14.0. The van der Waals surface area contributed by atoms with E-state index in [9.17, 15) is 4.21 Å². The maximum Gasteiger partial charge on any atom is 0.0966 e. The number of allylic oxidation sites excluding steroid dienone is 1. The first-order valence-electron chi connectivity index (χ1n) is 8.62. The average Bonchev–Trinajstić information content (AvgIpc) is 2.94. The van der Waals surface area contributed by atoms with Crippen molar-refractivity contribution in [2.45, 2.75) is 6.04 Å². The Hall–Kier alpha value is -2.64. The summed E-state index contributed by atoms with van der Waals surface area (Å²) < 4.78 is 12.9. The van der Waals surface area contributed by atoms with Crippen molar-refractivity contribution in [3.8, 4) is 11.1 Å². The minimum atomic E-state index is -1.07. The van der Waals surface area contributed by atoms with Crippen LogP contribution in [0.2, 0.25) is 0 Å². The summed E-state index contributed by atoms with van der Waals surface area (Å²) in [7, 11) is -1.07. The lowest BCUT2D eigenvalue weighted by Gasteiger charge is -2.15. The summed E-state index contributed by atoms with van der Waals surface area (Å²) in [5.74, 6) is 0. The van der Waals surface area contributed by atoms with Crippen molar-refractivity contribution < 1.29 is 4.21 Å². The van der Waals surface area contributed by atoms with Crippen molar-refractivity contribution in [3.63, 3.8) is 0 Å². The summed E-state index contributed by atoms with van der Waals surface area (Å²) in [5, 5.41) is 3.44. The lowest BCUT2D eigenvalue weighted by Crippen LogP contribution is -2.19. The summed E-state index contributed by atoms with van der Waals surface area (Å²) in [6, 6.07) is 12.0. The van der Waals surface area contributed by atoms with E-state index in [2.05, 4.69) is 42.3 Å². The van der Waals surface area contributed by atoms with Crippen molar-refractivity contribution in [3.05, 3.63) is 76.5 Å². The van der Waals surface area contributed by atoms with Gasteiger partial charge in [-0.1, -0.05) is 28.1 Å². The number of hydrogen-bond acceptors (Lipinski definition) is 5. The first-order chi connectivity index (χ1) is 13.6. The molecule has 28 heavy (non-hydrogen) atoms. The van der Waals surface area contributed by atoms with Gasteiger partial charge >= 0.3 is 0 Å². The van der Waals surface area contributed by atoms with E-state index in [1.54, 1.807) is 37.1 Å². The number of halogens is 1. The van der Waals surface area contributed by atoms with E-state index >= 15 is 0 Å². The molecule has 0 spiro atoms. The molecule has 2 atom stereocenters. The van der Waals surface area contributed by atoms with Crippen LogP contribution in [0.4, 0.5) is 5.69 Å². The normalized spacial score (nSPS) is 17.2. The molecule has 0 fully saturated rings. The molecule has 1 aliphatic rings. The number of fused-ring (bicyclic) bond motifs is 1. The van der Waals surface area contributed by atoms with Crippen molar-refractivity contribution in [1.29, 1.82) is 0 Å². The summed E-state index contributed by atoms with van der Waals surface area (Å²) in [5.41, 5.74) is 4.59. The third-order valence-electron chi connectivity index (χ3n) is 4.31. The third-order valence-corrected chi connectivity index (χ3v) is 5.77. The van der Waals surface area contributed by atoms with E-state index < -0.39 is 10.8 Å². The van der Waals surface area contributed by atoms with Gasteiger partial charge in [-0.2, -0.15) is 0 Å². The highest BCUT2D eigenvalue weighted by molar-refractivity contribution is 9.10. The van der Waals surface area contributed by atoms with Gasteiger partial charge in [0.2, 0.25) is 0 Å². The molecule has 0 saturated carbocycles. The molecule has 1 aromatic heterocycles. The van der Waals surface area contributed by atoms with Crippen LogP contribution in [-0.4, -0.2) is 32.7 Å². The molecule has 0 saturated heterocycles. The Morgan fingerprint density at radius 2 is 1.89 bits per heavy atom. The molecule has 140 valence electrons. The van der Waals surface area contributed by atoms with Crippen LogP contribution in [0, 0.1) is 0 Å². The highest BCUT2D eigenvalue weighted by Crippen LogP contribution is 2.31. The number of nitrogens with zero attached hydrogens (tertiary/aromatic N) is 3. The molecule has 3 aromatic rings. The molecule has 0 radical (unpaired) electrons. The van der Waals surface area contributed by atoms with Crippen LogP contribution in [0.25, 0.3) is 22.2 Å². The van der Waals surface area contributed by atoms with Gasteiger partial charge in [-0.05, 0) is 42.0 Å². The highest BCUT2D eigenvalue weighted by Gasteiger charge is 2.12. The van der Waals surface area contributed by atoms with E-state index in [-0.39, 0.29) is 6.04 Å². The van der Waals surface area contributed by atoms with Gasteiger partial charge in [0.25, 0.3) is 0 Å². The fourth-order valence-electron chi connectivity index (χ4n) is 3.01. The van der Waals surface area contributed by atoms with Crippen molar-refractivity contribution in [1.82, 2.24) is 9.97 Å². The first-order valence-corrected chi connectivity index (χ1v) is 11.0. The zero-order valence-electron chi connectivity index (χ0n) is 15.0. The molecule has 2 heterocycles. The number of nitrogens with one attached hydrogen (secondary N) is 1. The third kappa shape index (κ3) is 4.10. The predicted molar refractivity (Wildman–Crippen MR) is 120 cm³/mol. The van der Waals surface area contributed by atoms with E-state index in [1.807, 2.05) is 36.4 Å². The fourth-order valence-corrected chi connectivity index (χ4v) is 3.86. The summed E-state index contributed by atoms with van der Waals surface area (Å²) >= 11 is 3.48. The summed E-state index contributed by atoms with van der Waals surface area (Å²) in [6.45, 7) is 0. The molecule has 1 N–H and O–H groups in total. The zero-order chi connectivity index (χ0) is 19.5. The zero-order valence-corrected chi connectivity index (χ0v) is 17.4. The van der Waals surface area contributed by atoms with Crippen molar-refractivity contribution >= 4 is 49.7 Å². The van der Waals surface area contributed by atoms with Crippen LogP contribution in [0.3, 0.4) is 0 Å². The standard InChI is InChI=1S/C21H17BrN4OS/c1-28(27)18-6-7-23-13-17(10-18)26-16-11-19(14-2-4-15(22)5-3-14)21-20(12-16)24-8-9-25-21/h2-13,17,26H,1H3. The minimum absolute atomic E-state index is 0.180. The second-order valence-corrected chi connectivity index (χ2v) is 8.56. The van der Waals surface area contributed by atoms with Crippen LogP contribution in [-0.2, 0) is 10.8 Å². The van der Waals surface area contributed by atoms with Gasteiger partial charge in [-0.3, -0.25) is 19.2 Å². The quantitative estimate of drug-likeness (QED) is 0.622. The average molecular weight is 453 g/mol. The minimum Gasteiger partial charge on any atom is -0.374 e. The number of rotatable bonds is 4. The van der Waals surface area contributed by atoms with E-state index in [0.29, 0.717) is 0 Å². The second kappa shape index (κ2) is 8.16. The number of aromatic nitrogens is 2. The number of hydrogen-bond donors (Lipinski definition) is 1. The Kier molecular flexibility index (Phi) is 5.45. The van der Waals surface area contributed by atoms with Crippen LogP contribution in [0.15, 0.2) is 81.5 Å². The predicted octanol–water partition coefficient (Wildman–Crippen LogP) is 4.70. The summed E-state index contributed by atoms with van der Waals surface area (Å²) in [6.07, 6.45) is 12.2. The fraction of sp³-hybridized carbons (Fsp3) is 0.0952. The monoisotopic (exact) mass is 452 g/mol. The lowest BCUT2D eigenvalue weighted by molar-refractivity contribution is 0.690.